The topological polar surface area (TPSA) is 33.2 Å². The third-order valence-electron chi connectivity index (χ3n) is 3.99. The molecule has 0 bridgehead atoms. The van der Waals surface area contributed by atoms with Gasteiger partial charge in [-0.15, -0.1) is 0 Å². The normalized spacial score (nSPS) is 11.5. The summed E-state index contributed by atoms with van der Waals surface area (Å²) in [6.07, 6.45) is -1.22. The molecule has 0 aliphatic heterocycles. The van der Waals surface area contributed by atoms with Gasteiger partial charge in [-0.2, -0.15) is 13.2 Å². The number of carbonyl (C=O) groups is 1. The largest absolute Gasteiger partial charge is 0.417 e. The summed E-state index contributed by atoms with van der Waals surface area (Å²) in [5.74, 6) is -0.668. The second-order valence-electron chi connectivity index (χ2n) is 5.72. The lowest BCUT2D eigenvalue weighted by molar-refractivity contribution is -0.138. The van der Waals surface area contributed by atoms with Crippen LogP contribution in [0.3, 0.4) is 0 Å². The van der Waals surface area contributed by atoms with E-state index in [4.69, 9.17) is 0 Å². The number of hydrogen-bond donors (Lipinski definition) is 0. The zero-order valence-corrected chi connectivity index (χ0v) is 13.4. The van der Waals surface area contributed by atoms with Gasteiger partial charge < -0.3 is 4.90 Å². The van der Waals surface area contributed by atoms with E-state index in [2.05, 4.69) is 4.98 Å². The number of benzene rings is 2. The summed E-state index contributed by atoms with van der Waals surface area (Å²) in [6, 6.07) is 12.2. The molecule has 0 N–H and O–H groups in total. The molecule has 0 radical (unpaired) electrons. The average Bonchev–Trinajstić information content (AvgIpc) is 2.60. The average molecular weight is 344 g/mol. The zero-order chi connectivity index (χ0) is 18.0. The van der Waals surface area contributed by atoms with E-state index in [1.165, 1.54) is 30.1 Å². The van der Waals surface area contributed by atoms with Crippen molar-refractivity contribution in [3.05, 3.63) is 77.6 Å². The third-order valence-corrected chi connectivity index (χ3v) is 3.99. The third kappa shape index (κ3) is 3.47. The maximum atomic E-state index is 13.1. The summed E-state index contributed by atoms with van der Waals surface area (Å²) in [5, 5.41) is 1.83. The predicted octanol–water partition coefficient (Wildman–Crippen LogP) is 4.53. The van der Waals surface area contributed by atoms with Crippen molar-refractivity contribution in [2.75, 3.05) is 7.05 Å². The Hall–Kier alpha value is -2.89. The SMILES string of the molecule is CN(Cc1cccc2cnccc12)C(=O)c1ccccc1C(F)(F)F. The van der Waals surface area contributed by atoms with Gasteiger partial charge in [-0.1, -0.05) is 30.3 Å². The predicted molar refractivity (Wildman–Crippen MR) is 89.0 cm³/mol. The van der Waals surface area contributed by atoms with Gasteiger partial charge in [0.25, 0.3) is 5.91 Å². The second-order valence-corrected chi connectivity index (χ2v) is 5.72. The van der Waals surface area contributed by atoms with E-state index in [1.54, 1.807) is 12.4 Å². The van der Waals surface area contributed by atoms with Crippen molar-refractivity contribution in [3.8, 4) is 0 Å². The van der Waals surface area contributed by atoms with Crippen molar-refractivity contribution in [2.45, 2.75) is 12.7 Å². The minimum atomic E-state index is -4.57. The van der Waals surface area contributed by atoms with Crippen LogP contribution in [0.4, 0.5) is 13.2 Å². The van der Waals surface area contributed by atoms with Crippen molar-refractivity contribution >= 4 is 16.7 Å². The second kappa shape index (κ2) is 6.55. The Balaban J connectivity index is 1.92. The summed E-state index contributed by atoms with van der Waals surface area (Å²) in [6.45, 7) is 0.201. The Kier molecular flexibility index (Phi) is 4.44. The monoisotopic (exact) mass is 344 g/mol. The zero-order valence-electron chi connectivity index (χ0n) is 13.4. The van der Waals surface area contributed by atoms with Crippen LogP contribution in [0.5, 0.6) is 0 Å². The van der Waals surface area contributed by atoms with Crippen LogP contribution in [-0.4, -0.2) is 22.8 Å². The first-order valence-electron chi connectivity index (χ1n) is 7.61. The van der Waals surface area contributed by atoms with Crippen molar-refractivity contribution in [1.82, 2.24) is 9.88 Å². The van der Waals surface area contributed by atoms with Gasteiger partial charge in [-0.3, -0.25) is 9.78 Å². The van der Waals surface area contributed by atoms with Crippen molar-refractivity contribution in [2.24, 2.45) is 0 Å². The fraction of sp³-hybridized carbons (Fsp3) is 0.158. The van der Waals surface area contributed by atoms with Gasteiger partial charge >= 0.3 is 6.18 Å². The number of rotatable bonds is 3. The highest BCUT2D eigenvalue weighted by Crippen LogP contribution is 2.32. The van der Waals surface area contributed by atoms with E-state index in [0.29, 0.717) is 0 Å². The molecule has 0 spiro atoms. The summed E-state index contributed by atoms with van der Waals surface area (Å²) in [4.78, 5) is 17.9. The van der Waals surface area contributed by atoms with Crippen LogP contribution in [0, 0.1) is 0 Å². The number of nitrogens with zero attached hydrogens (tertiary/aromatic N) is 2. The van der Waals surface area contributed by atoms with Crippen molar-refractivity contribution < 1.29 is 18.0 Å². The first-order valence-corrected chi connectivity index (χ1v) is 7.61. The molecule has 0 atom stereocenters. The summed E-state index contributed by atoms with van der Waals surface area (Å²) in [5.41, 5.74) is -0.423. The first kappa shape index (κ1) is 17.0. The molecule has 0 saturated carbocycles. The van der Waals surface area contributed by atoms with Gasteiger partial charge in [-0.05, 0) is 29.1 Å². The van der Waals surface area contributed by atoms with Crippen LogP contribution in [0.2, 0.25) is 0 Å². The molecule has 0 unspecified atom stereocenters. The quantitative estimate of drug-likeness (QED) is 0.700. The molecule has 2 aromatic carbocycles. The number of aromatic nitrogens is 1. The number of halogens is 3. The van der Waals surface area contributed by atoms with Crippen LogP contribution < -0.4 is 0 Å². The van der Waals surface area contributed by atoms with Crippen LogP contribution in [0.25, 0.3) is 10.8 Å². The van der Waals surface area contributed by atoms with E-state index in [-0.39, 0.29) is 12.1 Å². The lowest BCUT2D eigenvalue weighted by Gasteiger charge is -2.20. The van der Waals surface area contributed by atoms with Gasteiger partial charge in [0.2, 0.25) is 0 Å². The van der Waals surface area contributed by atoms with E-state index >= 15 is 0 Å². The number of alkyl halides is 3. The van der Waals surface area contributed by atoms with Crippen LogP contribution in [0.15, 0.2) is 60.9 Å². The molecule has 3 aromatic rings. The number of amides is 1. The van der Waals surface area contributed by atoms with Gasteiger partial charge in [0.05, 0.1) is 11.1 Å². The molecule has 0 fully saturated rings. The molecule has 1 amide bonds. The van der Waals surface area contributed by atoms with Gasteiger partial charge in [0, 0.05) is 31.4 Å². The standard InChI is InChI=1S/C19H15F3N2O/c1-24(12-14-6-4-5-13-11-23-10-9-15(13)14)18(25)16-7-2-3-8-17(16)19(20,21)22/h2-11H,12H2,1H3. The minimum Gasteiger partial charge on any atom is -0.337 e. The molecule has 0 aliphatic rings. The number of carbonyl (C=O) groups excluding carboxylic acids is 1. The smallest absolute Gasteiger partial charge is 0.337 e. The molecule has 1 aromatic heterocycles. The summed E-state index contributed by atoms with van der Waals surface area (Å²) in [7, 11) is 1.50. The molecular weight excluding hydrogens is 329 g/mol. The number of pyridine rings is 1. The fourth-order valence-electron chi connectivity index (χ4n) is 2.78. The molecule has 1 heterocycles. The fourth-order valence-corrected chi connectivity index (χ4v) is 2.78. The van der Waals surface area contributed by atoms with Crippen molar-refractivity contribution in [3.63, 3.8) is 0 Å². The van der Waals surface area contributed by atoms with Crippen LogP contribution >= 0.6 is 0 Å². The first-order chi connectivity index (χ1) is 11.9. The highest BCUT2D eigenvalue weighted by atomic mass is 19.4. The molecule has 0 aliphatic carbocycles. The van der Waals surface area contributed by atoms with Gasteiger partial charge in [-0.25, -0.2) is 0 Å². The highest BCUT2D eigenvalue weighted by Gasteiger charge is 2.35. The maximum Gasteiger partial charge on any atom is 0.417 e. The number of fused-ring (bicyclic) bond motifs is 1. The minimum absolute atomic E-state index is 0.201. The molecule has 3 nitrogen and oxygen atoms in total. The van der Waals surface area contributed by atoms with E-state index in [1.807, 2.05) is 24.3 Å². The summed E-state index contributed by atoms with van der Waals surface area (Å²) < 4.78 is 39.4. The number of hydrogen-bond acceptors (Lipinski definition) is 2. The molecule has 0 saturated heterocycles. The lowest BCUT2D eigenvalue weighted by atomic mass is 10.0. The van der Waals surface area contributed by atoms with E-state index in [0.717, 1.165) is 22.4 Å². The summed E-state index contributed by atoms with van der Waals surface area (Å²) >= 11 is 0. The van der Waals surface area contributed by atoms with Gasteiger partial charge in [0.15, 0.2) is 0 Å². The lowest BCUT2D eigenvalue weighted by Crippen LogP contribution is -2.28. The highest BCUT2D eigenvalue weighted by molar-refractivity contribution is 5.96. The molecule has 25 heavy (non-hydrogen) atoms. The molecule has 3 rings (SSSR count). The Bertz CT molecular complexity index is 916. The molecular formula is C19H15F3N2O. The Morgan fingerprint density at radius 1 is 1.08 bits per heavy atom. The van der Waals surface area contributed by atoms with Crippen LogP contribution in [-0.2, 0) is 12.7 Å². The van der Waals surface area contributed by atoms with E-state index < -0.39 is 17.6 Å². The van der Waals surface area contributed by atoms with Crippen molar-refractivity contribution in [1.29, 1.82) is 0 Å². The maximum absolute atomic E-state index is 13.1. The van der Waals surface area contributed by atoms with Gasteiger partial charge in [0.1, 0.15) is 0 Å². The Morgan fingerprint density at radius 3 is 2.60 bits per heavy atom. The molecule has 6 heteroatoms. The Labute approximate surface area is 142 Å². The van der Waals surface area contributed by atoms with E-state index in [9.17, 15) is 18.0 Å². The molecule has 128 valence electrons. The van der Waals surface area contributed by atoms with Crippen LogP contribution in [0.1, 0.15) is 21.5 Å². The Morgan fingerprint density at radius 2 is 1.84 bits per heavy atom.